The number of nitrogens with zero attached hydrogens (tertiary/aromatic N) is 6. The van der Waals surface area contributed by atoms with Crippen LogP contribution in [0.2, 0.25) is 0 Å². The first-order valence-electron chi connectivity index (χ1n) is 7.33. The van der Waals surface area contributed by atoms with Crippen molar-refractivity contribution in [2.45, 2.75) is 38.3 Å². The smallest absolute Gasteiger partial charge is 0.273 e. The van der Waals surface area contributed by atoms with E-state index in [-0.39, 0.29) is 12.0 Å². The van der Waals surface area contributed by atoms with E-state index in [1.165, 1.54) is 0 Å². The van der Waals surface area contributed by atoms with Crippen LogP contribution in [0.15, 0.2) is 6.20 Å². The molecule has 0 aromatic carbocycles. The highest BCUT2D eigenvalue weighted by atomic mass is 16.5. The molecular weight excluding hydrogens is 288 g/mol. The van der Waals surface area contributed by atoms with E-state index in [2.05, 4.69) is 36.3 Å². The van der Waals surface area contributed by atoms with Gasteiger partial charge < -0.3 is 10.1 Å². The summed E-state index contributed by atoms with van der Waals surface area (Å²) in [6.45, 7) is 1.96. The lowest BCUT2D eigenvalue weighted by molar-refractivity contribution is 0.0930. The summed E-state index contributed by atoms with van der Waals surface area (Å²) < 4.78 is 7.19. The molecular formula is C12H18N8O2. The van der Waals surface area contributed by atoms with Gasteiger partial charge in [-0.1, -0.05) is 10.4 Å². The van der Waals surface area contributed by atoms with Gasteiger partial charge in [0.15, 0.2) is 11.5 Å². The van der Waals surface area contributed by atoms with Crippen molar-refractivity contribution < 1.29 is 9.53 Å². The Morgan fingerprint density at radius 1 is 1.50 bits per heavy atom. The zero-order valence-electron chi connectivity index (χ0n) is 12.1. The summed E-state index contributed by atoms with van der Waals surface area (Å²) >= 11 is 0. The zero-order chi connectivity index (χ0) is 15.2. The van der Waals surface area contributed by atoms with Crippen LogP contribution >= 0.6 is 0 Å². The molecule has 1 amide bonds. The van der Waals surface area contributed by atoms with Gasteiger partial charge in [0, 0.05) is 19.6 Å². The van der Waals surface area contributed by atoms with E-state index in [4.69, 9.17) is 4.74 Å². The maximum atomic E-state index is 11.9. The van der Waals surface area contributed by atoms with Crippen molar-refractivity contribution >= 4 is 5.91 Å². The van der Waals surface area contributed by atoms with Crippen molar-refractivity contribution in [3.8, 4) is 0 Å². The quantitative estimate of drug-likeness (QED) is 0.650. The van der Waals surface area contributed by atoms with Crippen LogP contribution in [0.4, 0.5) is 0 Å². The largest absolute Gasteiger partial charge is 0.376 e. The molecule has 0 unspecified atom stereocenters. The standard InChI is InChI=1S/C12H18N8O2/c21-12(13-5-1-4-11-15-17-18-16-11)10-8-20(19-14-10)7-9-3-2-6-22-9/h8-9H,1-7H2,(H,13,21)(H,15,16,17,18)/t9-/m0/s1. The van der Waals surface area contributed by atoms with Crippen molar-refractivity contribution in [3.05, 3.63) is 17.7 Å². The summed E-state index contributed by atoms with van der Waals surface area (Å²) in [7, 11) is 0. The summed E-state index contributed by atoms with van der Waals surface area (Å²) in [5.74, 6) is 0.406. The fourth-order valence-electron chi connectivity index (χ4n) is 2.32. The highest BCUT2D eigenvalue weighted by Gasteiger charge is 2.18. The molecule has 0 bridgehead atoms. The number of H-pyrrole nitrogens is 1. The van der Waals surface area contributed by atoms with Crippen LogP contribution in [0.5, 0.6) is 0 Å². The van der Waals surface area contributed by atoms with Gasteiger partial charge in [0.1, 0.15) is 0 Å². The molecule has 10 heteroatoms. The van der Waals surface area contributed by atoms with Crippen LogP contribution in [0.25, 0.3) is 0 Å². The van der Waals surface area contributed by atoms with Crippen LogP contribution in [0.3, 0.4) is 0 Å². The number of rotatable bonds is 7. The molecule has 22 heavy (non-hydrogen) atoms. The Kier molecular flexibility index (Phi) is 4.68. The third kappa shape index (κ3) is 3.85. The van der Waals surface area contributed by atoms with Crippen molar-refractivity contribution in [1.29, 1.82) is 0 Å². The summed E-state index contributed by atoms with van der Waals surface area (Å²) in [5.41, 5.74) is 0.317. The molecule has 1 aliphatic heterocycles. The monoisotopic (exact) mass is 306 g/mol. The van der Waals surface area contributed by atoms with Crippen molar-refractivity contribution in [1.82, 2.24) is 40.9 Å². The van der Waals surface area contributed by atoms with Gasteiger partial charge in [-0.3, -0.25) is 4.79 Å². The summed E-state index contributed by atoms with van der Waals surface area (Å²) in [6, 6.07) is 0. The number of ether oxygens (including phenoxy) is 1. The van der Waals surface area contributed by atoms with E-state index < -0.39 is 0 Å². The number of aromatic nitrogens is 7. The van der Waals surface area contributed by atoms with Gasteiger partial charge in [0.05, 0.1) is 18.8 Å². The number of hydrogen-bond acceptors (Lipinski definition) is 7. The van der Waals surface area contributed by atoms with Crippen LogP contribution in [-0.4, -0.2) is 60.8 Å². The van der Waals surface area contributed by atoms with Gasteiger partial charge in [-0.15, -0.1) is 15.3 Å². The minimum absolute atomic E-state index is 0.174. The van der Waals surface area contributed by atoms with E-state index in [9.17, 15) is 4.79 Å². The first-order valence-corrected chi connectivity index (χ1v) is 7.33. The van der Waals surface area contributed by atoms with Crippen molar-refractivity contribution in [2.75, 3.05) is 13.2 Å². The molecule has 3 heterocycles. The predicted molar refractivity (Wildman–Crippen MR) is 73.8 cm³/mol. The molecule has 1 atom stereocenters. The molecule has 3 rings (SSSR count). The number of carbonyl (C=O) groups excluding carboxylic acids is 1. The third-order valence-electron chi connectivity index (χ3n) is 3.44. The molecule has 1 fully saturated rings. The number of carbonyl (C=O) groups is 1. The van der Waals surface area contributed by atoms with Gasteiger partial charge in [-0.2, -0.15) is 5.21 Å². The second kappa shape index (κ2) is 7.07. The van der Waals surface area contributed by atoms with E-state index >= 15 is 0 Å². The number of tetrazole rings is 1. The molecule has 2 N–H and O–H groups in total. The van der Waals surface area contributed by atoms with E-state index in [1.807, 2.05) is 0 Å². The Morgan fingerprint density at radius 3 is 3.23 bits per heavy atom. The lowest BCUT2D eigenvalue weighted by Crippen LogP contribution is -2.25. The average Bonchev–Trinajstić information content (AvgIpc) is 3.26. The Labute approximate surface area is 126 Å². The maximum absolute atomic E-state index is 11.9. The lowest BCUT2D eigenvalue weighted by Gasteiger charge is -2.07. The molecule has 0 spiro atoms. The zero-order valence-corrected chi connectivity index (χ0v) is 12.1. The predicted octanol–water partition coefficient (Wildman–Crippen LogP) is -0.667. The van der Waals surface area contributed by atoms with Crippen LogP contribution in [0, 0.1) is 0 Å². The van der Waals surface area contributed by atoms with Crippen LogP contribution < -0.4 is 5.32 Å². The SMILES string of the molecule is O=C(NCCCc1nn[nH]n1)c1cn(C[C@@H]2CCCO2)nn1. The van der Waals surface area contributed by atoms with Gasteiger partial charge in [-0.25, -0.2) is 4.68 Å². The topological polar surface area (TPSA) is 124 Å². The second-order valence-corrected chi connectivity index (χ2v) is 5.15. The third-order valence-corrected chi connectivity index (χ3v) is 3.44. The molecule has 2 aromatic rings. The number of aryl methyl sites for hydroxylation is 1. The van der Waals surface area contributed by atoms with Crippen LogP contribution in [-0.2, 0) is 17.7 Å². The number of nitrogens with one attached hydrogen (secondary N) is 2. The molecule has 0 aliphatic carbocycles. The molecule has 1 aliphatic rings. The molecule has 0 saturated carbocycles. The molecule has 118 valence electrons. The van der Waals surface area contributed by atoms with Gasteiger partial charge >= 0.3 is 0 Å². The van der Waals surface area contributed by atoms with Gasteiger partial charge in [0.2, 0.25) is 0 Å². The minimum atomic E-state index is -0.230. The first kappa shape index (κ1) is 14.6. The first-order chi connectivity index (χ1) is 10.8. The fourth-order valence-corrected chi connectivity index (χ4v) is 2.32. The number of hydrogen-bond donors (Lipinski definition) is 2. The Hall–Kier alpha value is -2.36. The minimum Gasteiger partial charge on any atom is -0.376 e. The summed E-state index contributed by atoms with van der Waals surface area (Å²) in [5, 5.41) is 24.2. The van der Waals surface area contributed by atoms with E-state index in [0.29, 0.717) is 31.0 Å². The highest BCUT2D eigenvalue weighted by molar-refractivity contribution is 5.91. The average molecular weight is 306 g/mol. The van der Waals surface area contributed by atoms with Crippen molar-refractivity contribution in [2.24, 2.45) is 0 Å². The number of aromatic amines is 1. The number of amides is 1. The molecule has 10 nitrogen and oxygen atoms in total. The van der Waals surface area contributed by atoms with Crippen LogP contribution in [0.1, 0.15) is 35.6 Å². The summed E-state index contributed by atoms with van der Waals surface area (Å²) in [6.07, 6.45) is 5.31. The highest BCUT2D eigenvalue weighted by Crippen LogP contribution is 2.13. The van der Waals surface area contributed by atoms with E-state index in [0.717, 1.165) is 25.9 Å². The van der Waals surface area contributed by atoms with Gasteiger partial charge in [0.25, 0.3) is 5.91 Å². The Balaban J connectivity index is 1.40. The van der Waals surface area contributed by atoms with Crippen molar-refractivity contribution in [3.63, 3.8) is 0 Å². The second-order valence-electron chi connectivity index (χ2n) is 5.15. The summed E-state index contributed by atoms with van der Waals surface area (Å²) in [4.78, 5) is 11.9. The maximum Gasteiger partial charge on any atom is 0.273 e. The van der Waals surface area contributed by atoms with E-state index in [1.54, 1.807) is 10.9 Å². The molecule has 1 saturated heterocycles. The lowest BCUT2D eigenvalue weighted by atomic mass is 10.2. The Morgan fingerprint density at radius 2 is 2.45 bits per heavy atom. The fraction of sp³-hybridized carbons (Fsp3) is 0.667. The molecule has 2 aromatic heterocycles. The van der Waals surface area contributed by atoms with Gasteiger partial charge in [-0.05, 0) is 19.3 Å². The Bertz CT molecular complexity index is 590. The normalized spacial score (nSPS) is 17.7. The molecule has 0 radical (unpaired) electrons.